The minimum absolute atomic E-state index is 0.558. The van der Waals surface area contributed by atoms with Gasteiger partial charge in [-0.3, -0.25) is 0 Å². The molecular weight excluding hydrogens is 304 g/mol. The van der Waals surface area contributed by atoms with E-state index < -0.39 is 11.9 Å². The Bertz CT molecular complexity index is 629. The fraction of sp³-hybridized carbons (Fsp3) is 0.267. The molecule has 2 rings (SSSR count). The van der Waals surface area contributed by atoms with Crippen molar-refractivity contribution in [1.29, 1.82) is 0 Å². The average Bonchev–Trinajstić information content (AvgIpc) is 3.07. The molecule has 0 spiro atoms. The van der Waals surface area contributed by atoms with Gasteiger partial charge in [0.25, 0.3) is 0 Å². The van der Waals surface area contributed by atoms with Crippen molar-refractivity contribution < 1.29 is 19.8 Å². The first-order valence-electron chi connectivity index (χ1n) is 6.55. The zero-order valence-electron chi connectivity index (χ0n) is 12.4. The highest BCUT2D eigenvalue weighted by atomic mass is 32.1. The summed E-state index contributed by atoms with van der Waals surface area (Å²) < 4.78 is 0. The number of imidazole rings is 1. The zero-order valence-corrected chi connectivity index (χ0v) is 13.2. The van der Waals surface area contributed by atoms with Gasteiger partial charge in [0.2, 0.25) is 0 Å². The minimum Gasteiger partial charge on any atom is -0.478 e. The molecule has 6 nitrogen and oxygen atoms in total. The van der Waals surface area contributed by atoms with Crippen LogP contribution in [0.5, 0.6) is 0 Å². The van der Waals surface area contributed by atoms with Crippen LogP contribution in [0.3, 0.4) is 0 Å². The molecule has 22 heavy (non-hydrogen) atoms. The number of nitrogens with one attached hydrogen (secondary N) is 1. The Morgan fingerprint density at radius 2 is 1.86 bits per heavy atom. The highest BCUT2D eigenvalue weighted by molar-refractivity contribution is 7.10. The molecule has 118 valence electrons. The van der Waals surface area contributed by atoms with Gasteiger partial charge in [-0.25, -0.2) is 14.6 Å². The van der Waals surface area contributed by atoms with Crippen molar-refractivity contribution in [2.45, 2.75) is 26.7 Å². The second kappa shape index (κ2) is 8.78. The molecule has 0 aliphatic carbocycles. The van der Waals surface area contributed by atoms with Gasteiger partial charge < -0.3 is 15.2 Å². The molecule has 2 heterocycles. The molecule has 0 aliphatic rings. The van der Waals surface area contributed by atoms with Crippen LogP contribution in [0.25, 0.3) is 0 Å². The quantitative estimate of drug-likeness (QED) is 0.734. The van der Waals surface area contributed by atoms with Gasteiger partial charge in [0.05, 0.1) is 12.0 Å². The first kappa shape index (κ1) is 17.6. The highest BCUT2D eigenvalue weighted by Crippen LogP contribution is 2.22. The van der Waals surface area contributed by atoms with E-state index in [-0.39, 0.29) is 0 Å². The summed E-state index contributed by atoms with van der Waals surface area (Å²) in [5, 5.41) is 17.9. The number of aromatic amines is 1. The first-order valence-corrected chi connectivity index (χ1v) is 7.43. The number of hydrogen-bond acceptors (Lipinski definition) is 4. The lowest BCUT2D eigenvalue weighted by Gasteiger charge is -1.97. The number of aromatic nitrogens is 2. The number of aryl methyl sites for hydroxylation is 3. The third kappa shape index (κ3) is 6.36. The lowest BCUT2D eigenvalue weighted by molar-refractivity contribution is -0.134. The van der Waals surface area contributed by atoms with Crippen molar-refractivity contribution in [1.82, 2.24) is 9.97 Å². The normalized spacial score (nSPS) is 10.3. The summed E-state index contributed by atoms with van der Waals surface area (Å²) in [5.74, 6) is -2.51. The smallest absolute Gasteiger partial charge is 0.328 e. The van der Waals surface area contributed by atoms with Gasteiger partial charge in [-0.1, -0.05) is 0 Å². The van der Waals surface area contributed by atoms with E-state index in [1.54, 1.807) is 6.33 Å². The molecule has 0 aliphatic heterocycles. The minimum atomic E-state index is -1.26. The van der Waals surface area contributed by atoms with E-state index >= 15 is 0 Å². The maximum absolute atomic E-state index is 9.55. The molecule has 2 aromatic rings. The van der Waals surface area contributed by atoms with Crippen molar-refractivity contribution in [2.75, 3.05) is 0 Å². The van der Waals surface area contributed by atoms with Crippen LogP contribution in [0, 0.1) is 13.8 Å². The van der Waals surface area contributed by atoms with Gasteiger partial charge in [-0.05, 0) is 43.2 Å². The predicted molar refractivity (Wildman–Crippen MR) is 84.2 cm³/mol. The summed E-state index contributed by atoms with van der Waals surface area (Å²) in [4.78, 5) is 27.8. The van der Waals surface area contributed by atoms with Crippen LogP contribution in [0.1, 0.15) is 21.7 Å². The Kier molecular flexibility index (Phi) is 7.04. The molecule has 3 N–H and O–H groups in total. The molecule has 7 heteroatoms. The van der Waals surface area contributed by atoms with Crippen LogP contribution in [-0.2, 0) is 22.4 Å². The molecule has 0 radical (unpaired) electrons. The highest BCUT2D eigenvalue weighted by Gasteiger charge is 2.04. The van der Waals surface area contributed by atoms with Crippen LogP contribution in [-0.4, -0.2) is 32.1 Å². The number of carbonyl (C=O) groups is 2. The summed E-state index contributed by atoms with van der Waals surface area (Å²) in [6, 6.07) is 0. The second-order valence-corrected chi connectivity index (χ2v) is 5.50. The number of rotatable bonds is 5. The topological polar surface area (TPSA) is 103 Å². The van der Waals surface area contributed by atoms with Crippen LogP contribution in [0.2, 0.25) is 0 Å². The van der Waals surface area contributed by atoms with Gasteiger partial charge in [-0.2, -0.15) is 0 Å². The molecule has 0 fully saturated rings. The maximum Gasteiger partial charge on any atom is 0.328 e. The van der Waals surface area contributed by atoms with Gasteiger partial charge in [0.1, 0.15) is 0 Å². The summed E-state index contributed by atoms with van der Waals surface area (Å²) in [5.41, 5.74) is 4.01. The van der Waals surface area contributed by atoms with E-state index in [4.69, 9.17) is 10.2 Å². The van der Waals surface area contributed by atoms with E-state index in [9.17, 15) is 9.59 Å². The first-order chi connectivity index (χ1) is 10.4. The summed E-state index contributed by atoms with van der Waals surface area (Å²) in [6.07, 6.45) is 6.96. The Morgan fingerprint density at radius 1 is 1.23 bits per heavy atom. The lowest BCUT2D eigenvalue weighted by Crippen LogP contribution is -1.91. The molecule has 0 saturated heterocycles. The Balaban J connectivity index is 0.000000261. The Hall–Kier alpha value is -2.41. The molecule has 0 unspecified atom stereocenters. The zero-order chi connectivity index (χ0) is 16.5. The summed E-state index contributed by atoms with van der Waals surface area (Å²) in [6.45, 7) is 4.37. The summed E-state index contributed by atoms with van der Waals surface area (Å²) >= 11 is 1.86. The van der Waals surface area contributed by atoms with Crippen LogP contribution >= 0.6 is 11.3 Å². The number of H-pyrrole nitrogens is 1. The van der Waals surface area contributed by atoms with Gasteiger partial charge in [-0.15, -0.1) is 11.3 Å². The molecular formula is C15H18N2O4S. The van der Waals surface area contributed by atoms with Crippen LogP contribution in [0.4, 0.5) is 0 Å². The molecule has 0 aromatic carbocycles. The van der Waals surface area contributed by atoms with Crippen molar-refractivity contribution in [3.8, 4) is 0 Å². The Labute approximate surface area is 132 Å². The van der Waals surface area contributed by atoms with E-state index in [1.807, 2.05) is 17.5 Å². The van der Waals surface area contributed by atoms with Crippen molar-refractivity contribution >= 4 is 23.3 Å². The van der Waals surface area contributed by atoms with E-state index in [0.717, 1.165) is 18.5 Å². The van der Waals surface area contributed by atoms with Crippen LogP contribution in [0.15, 0.2) is 30.1 Å². The lowest BCUT2D eigenvalue weighted by atomic mass is 10.1. The van der Waals surface area contributed by atoms with Crippen molar-refractivity contribution in [2.24, 2.45) is 0 Å². The monoisotopic (exact) mass is 322 g/mol. The number of thiophene rings is 1. The molecule has 0 saturated carbocycles. The van der Waals surface area contributed by atoms with E-state index in [1.165, 1.54) is 16.0 Å². The number of carboxylic acids is 2. The fourth-order valence-corrected chi connectivity index (χ4v) is 2.67. The largest absolute Gasteiger partial charge is 0.478 e. The number of nitrogens with zero attached hydrogens (tertiary/aromatic N) is 1. The standard InChI is InChI=1S/C11H14N2S.C4H4O4/c1-8-6-14-11(9(8)2)4-3-10-5-12-7-13-10;5-3(6)1-2-4(7)8/h5-7H,3-4H2,1-2H3,(H,12,13);1-2H,(H,5,6)(H,7,8). The van der Waals surface area contributed by atoms with E-state index in [2.05, 4.69) is 29.2 Å². The average molecular weight is 322 g/mol. The number of carboxylic acid groups (broad SMARTS) is 2. The third-order valence-corrected chi connectivity index (χ3v) is 4.19. The van der Waals surface area contributed by atoms with Crippen molar-refractivity contribution in [3.05, 3.63) is 51.8 Å². The van der Waals surface area contributed by atoms with E-state index in [0.29, 0.717) is 12.2 Å². The van der Waals surface area contributed by atoms with Gasteiger partial charge in [0, 0.05) is 23.2 Å². The third-order valence-electron chi connectivity index (χ3n) is 2.92. The molecule has 0 atom stereocenters. The van der Waals surface area contributed by atoms with Gasteiger partial charge in [0.15, 0.2) is 0 Å². The number of hydrogen-bond donors (Lipinski definition) is 3. The maximum atomic E-state index is 9.55. The molecule has 0 amide bonds. The summed E-state index contributed by atoms with van der Waals surface area (Å²) in [7, 11) is 0. The number of aliphatic carboxylic acids is 2. The predicted octanol–water partition coefficient (Wildman–Crippen LogP) is 2.59. The molecule has 0 bridgehead atoms. The van der Waals surface area contributed by atoms with Gasteiger partial charge >= 0.3 is 11.9 Å². The molecule has 2 aromatic heterocycles. The second-order valence-electron chi connectivity index (χ2n) is 4.54. The fourth-order valence-electron chi connectivity index (χ4n) is 1.61. The van der Waals surface area contributed by atoms with Crippen molar-refractivity contribution in [3.63, 3.8) is 0 Å². The Morgan fingerprint density at radius 3 is 2.27 bits per heavy atom. The SMILES string of the molecule is Cc1csc(CCc2c[nH]cn2)c1C.O=C(O)C=CC(=O)O. The van der Waals surface area contributed by atoms with Crippen LogP contribution < -0.4 is 0 Å².